The highest BCUT2D eigenvalue weighted by atomic mass is 35.5. The molecule has 1 rings (SSSR count). The van der Waals surface area contributed by atoms with E-state index in [-0.39, 0.29) is 29.8 Å². The van der Waals surface area contributed by atoms with Crippen LogP contribution in [0, 0.1) is 5.92 Å². The molecule has 17 heavy (non-hydrogen) atoms. The smallest absolute Gasteiger partial charge is 0.120 e. The van der Waals surface area contributed by atoms with Crippen LogP contribution in [0.2, 0.25) is 0 Å². The maximum Gasteiger partial charge on any atom is 0.120 e. The van der Waals surface area contributed by atoms with Gasteiger partial charge in [-0.1, -0.05) is 20.3 Å². The van der Waals surface area contributed by atoms with E-state index in [4.69, 9.17) is 5.73 Å². The molecule has 98 valence electrons. The molecule has 0 aliphatic rings. The molecule has 0 aliphatic heterocycles. The van der Waals surface area contributed by atoms with Gasteiger partial charge in [0.15, 0.2) is 0 Å². The van der Waals surface area contributed by atoms with E-state index in [1.54, 1.807) is 0 Å². The first-order valence-electron chi connectivity index (χ1n) is 5.42. The van der Waals surface area contributed by atoms with Gasteiger partial charge < -0.3 is 21.1 Å². The van der Waals surface area contributed by atoms with Crippen molar-refractivity contribution in [1.82, 2.24) is 0 Å². The molecule has 0 spiro atoms. The number of phenols is 2. The largest absolute Gasteiger partial charge is 0.508 e. The molecule has 5 N–H and O–H groups in total. The van der Waals surface area contributed by atoms with E-state index in [1.807, 2.05) is 13.8 Å². The zero-order valence-corrected chi connectivity index (χ0v) is 10.8. The van der Waals surface area contributed by atoms with Crippen molar-refractivity contribution in [1.29, 1.82) is 0 Å². The maximum atomic E-state index is 9.94. The third-order valence-corrected chi connectivity index (χ3v) is 2.97. The summed E-state index contributed by atoms with van der Waals surface area (Å²) < 4.78 is 0. The van der Waals surface area contributed by atoms with Gasteiger partial charge in [0.05, 0.1) is 12.1 Å². The fourth-order valence-electron chi connectivity index (χ4n) is 1.59. The van der Waals surface area contributed by atoms with Gasteiger partial charge in [0.1, 0.15) is 11.5 Å². The van der Waals surface area contributed by atoms with E-state index in [1.165, 1.54) is 18.2 Å². The lowest BCUT2D eigenvalue weighted by atomic mass is 9.91. The lowest BCUT2D eigenvalue weighted by Crippen LogP contribution is -2.31. The van der Waals surface area contributed by atoms with Gasteiger partial charge in [0.25, 0.3) is 0 Å². The number of hydrogen-bond acceptors (Lipinski definition) is 4. The van der Waals surface area contributed by atoms with Gasteiger partial charge >= 0.3 is 0 Å². The summed E-state index contributed by atoms with van der Waals surface area (Å²) in [6.45, 7) is 3.85. The summed E-state index contributed by atoms with van der Waals surface area (Å²) in [5.74, 6) is 0.0593. The molecule has 1 unspecified atom stereocenters. The monoisotopic (exact) mass is 261 g/mol. The number of benzene rings is 1. The number of aromatic hydroxyl groups is 2. The van der Waals surface area contributed by atoms with E-state index in [0.29, 0.717) is 5.56 Å². The Morgan fingerprint density at radius 2 is 1.88 bits per heavy atom. The molecule has 0 heterocycles. The topological polar surface area (TPSA) is 86.7 Å². The van der Waals surface area contributed by atoms with Crippen molar-refractivity contribution in [3.63, 3.8) is 0 Å². The summed E-state index contributed by atoms with van der Waals surface area (Å²) in [6, 6.07) is 3.43. The Balaban J connectivity index is 0.00000256. The van der Waals surface area contributed by atoms with Crippen LogP contribution in [-0.2, 0) is 0 Å². The summed E-state index contributed by atoms with van der Waals surface area (Å²) in [4.78, 5) is 0. The molecule has 0 saturated carbocycles. The van der Waals surface area contributed by atoms with Crippen molar-refractivity contribution in [2.45, 2.75) is 32.4 Å². The molecule has 0 saturated heterocycles. The highest BCUT2D eigenvalue weighted by molar-refractivity contribution is 5.85. The average Bonchev–Trinajstić information content (AvgIpc) is 2.29. The first kappa shape index (κ1) is 16.0. The van der Waals surface area contributed by atoms with Crippen LogP contribution < -0.4 is 5.73 Å². The standard InChI is InChI=1S/C12H19NO3.ClH/c1-3-7(2)12(16)11(13)9-6-8(14)4-5-10(9)15;/h4-7,11-12,14-16H,3,13H2,1-2H3;1H/t7?,11-,12+;/m0./s1. The Labute approximate surface area is 107 Å². The second-order valence-corrected chi connectivity index (χ2v) is 4.15. The molecule has 1 aromatic rings. The third-order valence-electron chi connectivity index (χ3n) is 2.97. The molecule has 4 nitrogen and oxygen atoms in total. The van der Waals surface area contributed by atoms with Gasteiger partial charge in [-0.3, -0.25) is 0 Å². The minimum Gasteiger partial charge on any atom is -0.508 e. The van der Waals surface area contributed by atoms with Gasteiger partial charge in [0.2, 0.25) is 0 Å². The first-order valence-corrected chi connectivity index (χ1v) is 5.42. The number of nitrogens with two attached hydrogens (primary N) is 1. The van der Waals surface area contributed by atoms with E-state index in [0.717, 1.165) is 6.42 Å². The fraction of sp³-hybridized carbons (Fsp3) is 0.500. The Bertz CT molecular complexity index is 360. The summed E-state index contributed by atoms with van der Waals surface area (Å²) in [5, 5.41) is 28.9. The number of hydrogen-bond donors (Lipinski definition) is 4. The van der Waals surface area contributed by atoms with E-state index < -0.39 is 12.1 Å². The van der Waals surface area contributed by atoms with Crippen molar-refractivity contribution >= 4 is 12.4 Å². The Morgan fingerprint density at radius 3 is 2.41 bits per heavy atom. The Morgan fingerprint density at radius 1 is 1.29 bits per heavy atom. The number of rotatable bonds is 4. The molecule has 3 atom stereocenters. The van der Waals surface area contributed by atoms with Gasteiger partial charge in [-0.25, -0.2) is 0 Å². The number of aliphatic hydroxyl groups is 1. The predicted octanol–water partition coefficient (Wildman–Crippen LogP) is 1.93. The molecule has 0 fully saturated rings. The van der Waals surface area contributed by atoms with Crippen molar-refractivity contribution in [2.24, 2.45) is 11.7 Å². The number of aliphatic hydroxyl groups excluding tert-OH is 1. The van der Waals surface area contributed by atoms with Crippen LogP contribution >= 0.6 is 12.4 Å². The molecular weight excluding hydrogens is 242 g/mol. The van der Waals surface area contributed by atoms with Crippen LogP contribution in [0.4, 0.5) is 0 Å². The van der Waals surface area contributed by atoms with Gasteiger partial charge in [-0.2, -0.15) is 0 Å². The number of phenolic OH excluding ortho intramolecular Hbond substituents is 2. The predicted molar refractivity (Wildman–Crippen MR) is 69.4 cm³/mol. The van der Waals surface area contributed by atoms with Crippen molar-refractivity contribution in [3.05, 3.63) is 23.8 Å². The van der Waals surface area contributed by atoms with Crippen molar-refractivity contribution in [2.75, 3.05) is 0 Å². The van der Waals surface area contributed by atoms with E-state index >= 15 is 0 Å². The highest BCUT2D eigenvalue weighted by Crippen LogP contribution is 2.30. The number of halogens is 1. The lowest BCUT2D eigenvalue weighted by Gasteiger charge is -2.24. The van der Waals surface area contributed by atoms with Gasteiger partial charge in [-0.05, 0) is 24.1 Å². The molecule has 0 aliphatic carbocycles. The van der Waals surface area contributed by atoms with Crippen LogP contribution in [0.1, 0.15) is 31.9 Å². The maximum absolute atomic E-state index is 9.94. The normalized spacial score (nSPS) is 15.8. The third kappa shape index (κ3) is 3.77. The molecule has 0 amide bonds. The van der Waals surface area contributed by atoms with Crippen LogP contribution in [0.5, 0.6) is 11.5 Å². The van der Waals surface area contributed by atoms with E-state index in [9.17, 15) is 15.3 Å². The quantitative estimate of drug-likeness (QED) is 0.624. The molecule has 0 bridgehead atoms. The first-order chi connectivity index (χ1) is 7.47. The SMILES string of the molecule is CCC(C)[C@@H](O)[C@@H](N)c1cc(O)ccc1O.Cl. The minimum absolute atomic E-state index is 0. The summed E-state index contributed by atoms with van der Waals surface area (Å²) in [5.41, 5.74) is 6.23. The minimum atomic E-state index is -0.738. The van der Waals surface area contributed by atoms with Crippen LogP contribution in [0.25, 0.3) is 0 Å². The zero-order valence-electron chi connectivity index (χ0n) is 10.00. The van der Waals surface area contributed by atoms with Crippen LogP contribution in [0.15, 0.2) is 18.2 Å². The molecule has 0 aromatic heterocycles. The van der Waals surface area contributed by atoms with Crippen LogP contribution in [0.3, 0.4) is 0 Å². The Kier molecular flexibility index (Phi) is 6.31. The summed E-state index contributed by atoms with van der Waals surface area (Å²) in [7, 11) is 0. The molecule has 0 radical (unpaired) electrons. The van der Waals surface area contributed by atoms with Gasteiger partial charge in [-0.15, -0.1) is 12.4 Å². The van der Waals surface area contributed by atoms with Crippen molar-refractivity contribution < 1.29 is 15.3 Å². The zero-order chi connectivity index (χ0) is 12.3. The average molecular weight is 262 g/mol. The second-order valence-electron chi connectivity index (χ2n) is 4.15. The molecular formula is C12H20ClNO3. The van der Waals surface area contributed by atoms with Crippen LogP contribution in [-0.4, -0.2) is 21.4 Å². The molecule has 1 aromatic carbocycles. The van der Waals surface area contributed by atoms with E-state index in [2.05, 4.69) is 0 Å². The van der Waals surface area contributed by atoms with Crippen molar-refractivity contribution in [3.8, 4) is 11.5 Å². The second kappa shape index (κ2) is 6.69. The Hall–Kier alpha value is -0.970. The fourth-order valence-corrected chi connectivity index (χ4v) is 1.59. The summed E-state index contributed by atoms with van der Waals surface area (Å²) >= 11 is 0. The van der Waals surface area contributed by atoms with Gasteiger partial charge in [0, 0.05) is 5.56 Å². The lowest BCUT2D eigenvalue weighted by molar-refractivity contribution is 0.0870. The molecule has 5 heteroatoms. The highest BCUT2D eigenvalue weighted by Gasteiger charge is 2.24. The summed E-state index contributed by atoms with van der Waals surface area (Å²) in [6.07, 6.45) is 0.0618.